The Morgan fingerprint density at radius 1 is 1.39 bits per heavy atom. The third-order valence-corrected chi connectivity index (χ3v) is 3.35. The fraction of sp³-hybridized carbons (Fsp3) is 0.545. The first-order valence-corrected chi connectivity index (χ1v) is 7.34. The van der Waals surface area contributed by atoms with Crippen molar-refractivity contribution in [3.8, 4) is 0 Å². The van der Waals surface area contributed by atoms with E-state index in [1.807, 2.05) is 13.6 Å². The van der Waals surface area contributed by atoms with Crippen molar-refractivity contribution in [1.82, 2.24) is 8.90 Å². The van der Waals surface area contributed by atoms with Crippen molar-refractivity contribution in [2.45, 2.75) is 33.2 Å². The van der Waals surface area contributed by atoms with Gasteiger partial charge in [-0.15, -0.1) is 0 Å². The Morgan fingerprint density at radius 2 is 2.06 bits per heavy atom. The third kappa shape index (κ3) is 3.07. The molecule has 0 radical (unpaired) electrons. The number of hydrogen-bond donors (Lipinski definition) is 1. The Kier molecular flexibility index (Phi) is 5.28. The Bertz CT molecular complexity index is 547. The number of carbonyl (C=O) groups is 1. The van der Waals surface area contributed by atoms with E-state index in [-0.39, 0.29) is 31.7 Å². The molecule has 0 bridgehead atoms. The first-order valence-electron chi connectivity index (χ1n) is 5.89. The van der Waals surface area contributed by atoms with E-state index in [0.717, 1.165) is 11.0 Å². The number of rotatable bonds is 5. The fourth-order valence-corrected chi connectivity index (χ4v) is 2.28. The molecule has 18 heavy (non-hydrogen) atoms. The standard InChI is InChI=1S/C11H18N3O3P/c1-4-6-9(15)12-8-7-10(16)13(5-2)11(17)14(8)18-3/h7,18H,4-6H2,1-3H3,(H,12,15). The molecule has 0 aliphatic rings. The molecule has 0 aliphatic heterocycles. The van der Waals surface area contributed by atoms with Crippen LogP contribution in [0.1, 0.15) is 26.7 Å². The van der Waals surface area contributed by atoms with E-state index < -0.39 is 0 Å². The number of nitrogens with zero attached hydrogens (tertiary/aromatic N) is 2. The number of anilines is 1. The summed E-state index contributed by atoms with van der Waals surface area (Å²) in [6.45, 7) is 5.78. The second kappa shape index (κ2) is 6.50. The highest BCUT2D eigenvalue weighted by Gasteiger charge is 2.11. The molecule has 1 unspecified atom stereocenters. The van der Waals surface area contributed by atoms with Gasteiger partial charge in [-0.05, 0) is 28.7 Å². The quantitative estimate of drug-likeness (QED) is 0.806. The van der Waals surface area contributed by atoms with E-state index >= 15 is 0 Å². The molecule has 0 saturated heterocycles. The minimum absolute atomic E-state index is 0.155. The SMILES string of the molecule is CCCC(=O)Nc1cc(=O)n(CC)c(=O)n1PC. The molecule has 6 nitrogen and oxygen atoms in total. The van der Waals surface area contributed by atoms with Gasteiger partial charge >= 0.3 is 5.69 Å². The zero-order valence-electron chi connectivity index (χ0n) is 10.8. The van der Waals surface area contributed by atoms with E-state index in [1.165, 1.54) is 10.4 Å². The van der Waals surface area contributed by atoms with Crippen molar-refractivity contribution in [2.24, 2.45) is 0 Å². The molecular weight excluding hydrogens is 253 g/mol. The Hall–Kier alpha value is -1.42. The second-order valence-corrected chi connectivity index (χ2v) is 4.65. The zero-order chi connectivity index (χ0) is 13.7. The molecule has 1 amide bonds. The summed E-state index contributed by atoms with van der Waals surface area (Å²) in [5.41, 5.74) is -0.763. The molecule has 1 N–H and O–H groups in total. The van der Waals surface area contributed by atoms with Gasteiger partial charge in [-0.1, -0.05) is 6.92 Å². The highest BCUT2D eigenvalue weighted by atomic mass is 31.1. The molecule has 1 aromatic heterocycles. The first kappa shape index (κ1) is 14.6. The van der Waals surface area contributed by atoms with Crippen molar-refractivity contribution in [3.05, 3.63) is 26.9 Å². The van der Waals surface area contributed by atoms with Crippen molar-refractivity contribution in [3.63, 3.8) is 0 Å². The van der Waals surface area contributed by atoms with Crippen LogP contribution in [0.15, 0.2) is 15.7 Å². The molecule has 0 spiro atoms. The lowest BCUT2D eigenvalue weighted by Crippen LogP contribution is -2.38. The third-order valence-electron chi connectivity index (χ3n) is 2.47. The highest BCUT2D eigenvalue weighted by molar-refractivity contribution is 7.35. The molecule has 0 saturated carbocycles. The van der Waals surface area contributed by atoms with Gasteiger partial charge in [0.1, 0.15) is 5.82 Å². The summed E-state index contributed by atoms with van der Waals surface area (Å²) in [5.74, 6) is 0.103. The summed E-state index contributed by atoms with van der Waals surface area (Å²) in [6, 6.07) is 1.30. The van der Waals surface area contributed by atoms with Crippen LogP contribution in [0.2, 0.25) is 0 Å². The van der Waals surface area contributed by atoms with Gasteiger partial charge in [0.05, 0.1) is 0 Å². The van der Waals surface area contributed by atoms with Crippen LogP contribution in [0.4, 0.5) is 5.82 Å². The minimum Gasteiger partial charge on any atom is -0.312 e. The van der Waals surface area contributed by atoms with E-state index in [2.05, 4.69) is 5.32 Å². The molecule has 0 fully saturated rings. The number of aromatic nitrogens is 2. The lowest BCUT2D eigenvalue weighted by atomic mass is 10.3. The van der Waals surface area contributed by atoms with Crippen molar-refractivity contribution < 1.29 is 4.79 Å². The van der Waals surface area contributed by atoms with Gasteiger partial charge in [0.2, 0.25) is 5.91 Å². The molecule has 100 valence electrons. The fourth-order valence-electron chi connectivity index (χ4n) is 1.61. The smallest absolute Gasteiger partial charge is 0.312 e. The predicted octanol–water partition coefficient (Wildman–Crippen LogP) is 0.840. The summed E-state index contributed by atoms with van der Waals surface area (Å²) in [4.78, 5) is 35.2. The monoisotopic (exact) mass is 271 g/mol. The maximum absolute atomic E-state index is 12.0. The zero-order valence-corrected chi connectivity index (χ0v) is 11.8. The van der Waals surface area contributed by atoms with Gasteiger partial charge in [0, 0.05) is 19.0 Å². The van der Waals surface area contributed by atoms with Crippen molar-refractivity contribution in [1.29, 1.82) is 0 Å². The molecule has 1 heterocycles. The molecule has 0 aromatic carbocycles. The van der Waals surface area contributed by atoms with Gasteiger partial charge in [0.15, 0.2) is 0 Å². The van der Waals surface area contributed by atoms with E-state index in [0.29, 0.717) is 13.0 Å². The second-order valence-electron chi connectivity index (χ2n) is 3.75. The molecule has 7 heteroatoms. The normalized spacial score (nSPS) is 11.1. The molecule has 1 rings (SSSR count). The summed E-state index contributed by atoms with van der Waals surface area (Å²) in [6.07, 6.45) is 1.09. The molecule has 1 atom stereocenters. The number of amides is 1. The maximum Gasteiger partial charge on any atom is 0.335 e. The van der Waals surface area contributed by atoms with Crippen LogP contribution in [-0.4, -0.2) is 21.5 Å². The van der Waals surface area contributed by atoms with Crippen molar-refractivity contribution in [2.75, 3.05) is 12.0 Å². The van der Waals surface area contributed by atoms with E-state index in [1.54, 1.807) is 6.92 Å². The molecule has 1 aromatic rings. The van der Waals surface area contributed by atoms with E-state index in [4.69, 9.17) is 0 Å². The first-order chi connectivity index (χ1) is 8.54. The van der Waals surface area contributed by atoms with E-state index in [9.17, 15) is 14.4 Å². The largest absolute Gasteiger partial charge is 0.335 e. The topological polar surface area (TPSA) is 73.1 Å². The lowest BCUT2D eigenvalue weighted by Gasteiger charge is -2.13. The van der Waals surface area contributed by atoms with Gasteiger partial charge in [0.25, 0.3) is 5.56 Å². The van der Waals surface area contributed by atoms with Crippen LogP contribution in [0.5, 0.6) is 0 Å². The maximum atomic E-state index is 12.0. The van der Waals surface area contributed by atoms with Crippen LogP contribution in [0.25, 0.3) is 0 Å². The van der Waals surface area contributed by atoms with Crippen LogP contribution in [0.3, 0.4) is 0 Å². The number of hydrogen-bond acceptors (Lipinski definition) is 3. The van der Waals surface area contributed by atoms with Crippen LogP contribution < -0.4 is 16.6 Å². The summed E-state index contributed by atoms with van der Waals surface area (Å²) in [5, 5.41) is 2.61. The van der Waals surface area contributed by atoms with Crippen LogP contribution in [0, 0.1) is 0 Å². The Balaban J connectivity index is 3.25. The number of carbonyl (C=O) groups excluding carboxylic acids is 1. The lowest BCUT2D eigenvalue weighted by molar-refractivity contribution is -0.116. The van der Waals surface area contributed by atoms with Crippen LogP contribution >= 0.6 is 8.73 Å². The predicted molar refractivity (Wildman–Crippen MR) is 73.8 cm³/mol. The van der Waals surface area contributed by atoms with Gasteiger partial charge < -0.3 is 5.32 Å². The van der Waals surface area contributed by atoms with Gasteiger partial charge in [-0.2, -0.15) is 0 Å². The Morgan fingerprint density at radius 3 is 2.56 bits per heavy atom. The van der Waals surface area contributed by atoms with Crippen LogP contribution in [-0.2, 0) is 11.3 Å². The average Bonchev–Trinajstić information content (AvgIpc) is 2.29. The average molecular weight is 271 g/mol. The Labute approximate surface area is 107 Å². The minimum atomic E-state index is -0.385. The molecular formula is C11H18N3O3P. The number of nitrogens with one attached hydrogen (secondary N) is 1. The van der Waals surface area contributed by atoms with Gasteiger partial charge in [-0.25, -0.2) is 4.79 Å². The summed E-state index contributed by atoms with van der Waals surface area (Å²) >= 11 is 0. The summed E-state index contributed by atoms with van der Waals surface area (Å²) < 4.78 is 2.56. The van der Waals surface area contributed by atoms with Gasteiger partial charge in [-0.3, -0.25) is 18.5 Å². The summed E-state index contributed by atoms with van der Waals surface area (Å²) in [7, 11) is 0.155. The molecule has 0 aliphatic carbocycles. The van der Waals surface area contributed by atoms with Crippen molar-refractivity contribution >= 4 is 20.5 Å². The highest BCUT2D eigenvalue weighted by Crippen LogP contribution is 2.13.